The molecule has 2 amide bonds. The third-order valence-electron chi connectivity index (χ3n) is 4.63. The van der Waals surface area contributed by atoms with E-state index in [4.69, 9.17) is 9.84 Å². The van der Waals surface area contributed by atoms with Crippen molar-refractivity contribution in [2.24, 2.45) is 5.92 Å². The van der Waals surface area contributed by atoms with Crippen molar-refractivity contribution in [2.75, 3.05) is 0 Å². The zero-order valence-corrected chi connectivity index (χ0v) is 18.4. The minimum atomic E-state index is -1.10. The molecule has 0 saturated carbocycles. The van der Waals surface area contributed by atoms with Gasteiger partial charge in [-0.15, -0.1) is 0 Å². The Morgan fingerprint density at radius 3 is 2.09 bits per heavy atom. The smallest absolute Gasteiger partial charge is 0.408 e. The molecule has 0 fully saturated rings. The summed E-state index contributed by atoms with van der Waals surface area (Å²) in [5.41, 5.74) is 1.79. The average molecular weight is 439 g/mol. The van der Waals surface area contributed by atoms with Crippen molar-refractivity contribution in [3.05, 3.63) is 83.9 Å². The highest BCUT2D eigenvalue weighted by atomic mass is 16.5. The molecule has 3 N–H and O–H groups in total. The van der Waals surface area contributed by atoms with Crippen molar-refractivity contribution in [2.45, 2.75) is 45.4 Å². The van der Waals surface area contributed by atoms with Crippen LogP contribution in [0.25, 0.3) is 0 Å². The Morgan fingerprint density at radius 2 is 1.53 bits per heavy atom. The Balaban J connectivity index is 2.03. The van der Waals surface area contributed by atoms with Crippen molar-refractivity contribution in [3.8, 4) is 0 Å². The summed E-state index contributed by atoms with van der Waals surface area (Å²) in [6.07, 6.45) is 2.59. The molecule has 2 aromatic rings. The zero-order chi connectivity index (χ0) is 23.3. The molecule has 0 heterocycles. The van der Waals surface area contributed by atoms with Gasteiger partial charge in [-0.1, -0.05) is 80.6 Å². The van der Waals surface area contributed by atoms with E-state index in [-0.39, 0.29) is 12.5 Å². The third kappa shape index (κ3) is 9.47. The van der Waals surface area contributed by atoms with Crippen molar-refractivity contribution >= 4 is 18.0 Å². The largest absolute Gasteiger partial charge is 0.478 e. The first kappa shape index (κ1) is 24.7. The van der Waals surface area contributed by atoms with Crippen molar-refractivity contribution in [3.63, 3.8) is 0 Å². The number of carbonyl (C=O) groups is 3. The lowest BCUT2D eigenvalue weighted by molar-refractivity contribution is -0.131. The first-order valence-corrected chi connectivity index (χ1v) is 10.6. The maximum absolute atomic E-state index is 13.0. The van der Waals surface area contributed by atoms with Gasteiger partial charge in [-0.2, -0.15) is 0 Å². The Kier molecular flexibility index (Phi) is 9.97. The van der Waals surface area contributed by atoms with Crippen LogP contribution < -0.4 is 10.6 Å². The van der Waals surface area contributed by atoms with Gasteiger partial charge in [0.1, 0.15) is 12.6 Å². The van der Waals surface area contributed by atoms with E-state index in [0.29, 0.717) is 12.8 Å². The monoisotopic (exact) mass is 438 g/mol. The van der Waals surface area contributed by atoms with Crippen LogP contribution in [0.1, 0.15) is 31.4 Å². The molecule has 0 aliphatic carbocycles. The number of carbonyl (C=O) groups excluding carboxylic acids is 2. The number of nitrogens with one attached hydrogen (secondary N) is 2. The topological polar surface area (TPSA) is 105 Å². The van der Waals surface area contributed by atoms with Gasteiger partial charge < -0.3 is 20.5 Å². The molecule has 2 unspecified atom stereocenters. The molecule has 7 nitrogen and oxygen atoms in total. The molecule has 0 aliphatic rings. The van der Waals surface area contributed by atoms with Crippen LogP contribution in [0.2, 0.25) is 0 Å². The highest BCUT2D eigenvalue weighted by Gasteiger charge is 2.24. The molecular weight excluding hydrogens is 408 g/mol. The standard InChI is InChI=1S/C25H30N2O5/c1-18(2)15-22(27-25(31)32-17-20-11-7-4-8-12-20)24(30)26-21(13-14-23(28)29)16-19-9-5-3-6-10-19/h3-14,18,21-22H,15-17H2,1-2H3,(H,26,30)(H,27,31)(H,28,29)/b14-13+. The quantitative estimate of drug-likeness (QED) is 0.464. The highest BCUT2D eigenvalue weighted by molar-refractivity contribution is 5.86. The van der Waals surface area contributed by atoms with Crippen LogP contribution >= 0.6 is 0 Å². The Labute approximate surface area is 188 Å². The van der Waals surface area contributed by atoms with Crippen LogP contribution in [0.4, 0.5) is 4.79 Å². The van der Waals surface area contributed by atoms with E-state index in [2.05, 4.69) is 10.6 Å². The van der Waals surface area contributed by atoms with Crippen molar-refractivity contribution in [1.29, 1.82) is 0 Å². The average Bonchev–Trinajstić information content (AvgIpc) is 2.76. The molecule has 2 aromatic carbocycles. The number of ether oxygens (including phenoxy) is 1. The summed E-state index contributed by atoms with van der Waals surface area (Å²) in [6.45, 7) is 3.99. The van der Waals surface area contributed by atoms with Gasteiger partial charge in [0.05, 0.1) is 6.04 Å². The fourth-order valence-electron chi connectivity index (χ4n) is 3.13. The molecule has 0 bridgehead atoms. The minimum absolute atomic E-state index is 0.0979. The molecule has 7 heteroatoms. The van der Waals surface area contributed by atoms with Crippen molar-refractivity contribution in [1.82, 2.24) is 10.6 Å². The number of hydrogen-bond acceptors (Lipinski definition) is 4. The molecule has 0 aliphatic heterocycles. The second-order valence-corrected chi connectivity index (χ2v) is 7.89. The molecule has 0 spiro atoms. The predicted octanol–water partition coefficient (Wildman–Crippen LogP) is 3.70. The summed E-state index contributed by atoms with van der Waals surface area (Å²) >= 11 is 0. The van der Waals surface area contributed by atoms with Gasteiger partial charge in [0.25, 0.3) is 0 Å². The number of carboxylic acids is 1. The van der Waals surface area contributed by atoms with Crippen LogP contribution in [0, 0.1) is 5.92 Å². The number of aliphatic carboxylic acids is 1. The second-order valence-electron chi connectivity index (χ2n) is 7.89. The minimum Gasteiger partial charge on any atom is -0.478 e. The lowest BCUT2D eigenvalue weighted by atomic mass is 10.0. The summed E-state index contributed by atoms with van der Waals surface area (Å²) in [5, 5.41) is 14.5. The van der Waals surface area contributed by atoms with Gasteiger partial charge in [0.15, 0.2) is 0 Å². The number of amides is 2. The molecule has 0 radical (unpaired) electrons. The normalized spacial score (nSPS) is 12.8. The van der Waals surface area contributed by atoms with Crippen LogP contribution in [0.15, 0.2) is 72.8 Å². The number of alkyl carbamates (subject to hydrolysis) is 1. The maximum atomic E-state index is 13.0. The summed E-state index contributed by atoms with van der Waals surface area (Å²) in [5.74, 6) is -1.35. The Hall–Kier alpha value is -3.61. The molecule has 0 saturated heterocycles. The molecule has 0 aromatic heterocycles. The van der Waals surface area contributed by atoms with Crippen LogP contribution in [0.3, 0.4) is 0 Å². The highest BCUT2D eigenvalue weighted by Crippen LogP contribution is 2.09. The van der Waals surface area contributed by atoms with E-state index in [1.165, 1.54) is 6.08 Å². The van der Waals surface area contributed by atoms with E-state index < -0.39 is 30.1 Å². The van der Waals surface area contributed by atoms with Gasteiger partial charge in [-0.05, 0) is 29.9 Å². The third-order valence-corrected chi connectivity index (χ3v) is 4.63. The predicted molar refractivity (Wildman–Crippen MR) is 122 cm³/mol. The van der Waals surface area contributed by atoms with E-state index >= 15 is 0 Å². The van der Waals surface area contributed by atoms with Gasteiger partial charge in [0.2, 0.25) is 5.91 Å². The fraction of sp³-hybridized carbons (Fsp3) is 0.320. The summed E-state index contributed by atoms with van der Waals surface area (Å²) in [4.78, 5) is 36.3. The number of benzene rings is 2. The molecule has 170 valence electrons. The zero-order valence-electron chi connectivity index (χ0n) is 18.4. The summed E-state index contributed by atoms with van der Waals surface area (Å²) < 4.78 is 5.25. The van der Waals surface area contributed by atoms with E-state index in [1.54, 1.807) is 0 Å². The fourth-order valence-corrected chi connectivity index (χ4v) is 3.13. The number of hydrogen-bond donors (Lipinski definition) is 3. The number of carboxylic acid groups (broad SMARTS) is 1. The molecular formula is C25H30N2O5. The van der Waals surface area contributed by atoms with Gasteiger partial charge >= 0.3 is 12.1 Å². The maximum Gasteiger partial charge on any atom is 0.408 e. The lowest BCUT2D eigenvalue weighted by Crippen LogP contribution is -2.50. The summed E-state index contributed by atoms with van der Waals surface area (Å²) in [7, 11) is 0. The van der Waals surface area contributed by atoms with Crippen molar-refractivity contribution < 1.29 is 24.2 Å². The first-order chi connectivity index (χ1) is 15.3. The first-order valence-electron chi connectivity index (χ1n) is 10.6. The van der Waals surface area contributed by atoms with Gasteiger partial charge in [0, 0.05) is 6.08 Å². The van der Waals surface area contributed by atoms with E-state index in [9.17, 15) is 14.4 Å². The van der Waals surface area contributed by atoms with Crippen LogP contribution in [-0.2, 0) is 27.4 Å². The van der Waals surface area contributed by atoms with E-state index in [1.807, 2.05) is 74.5 Å². The second kappa shape index (κ2) is 12.9. The summed E-state index contributed by atoms with van der Waals surface area (Å²) in [6, 6.07) is 17.3. The lowest BCUT2D eigenvalue weighted by Gasteiger charge is -2.23. The van der Waals surface area contributed by atoms with E-state index in [0.717, 1.165) is 17.2 Å². The Morgan fingerprint density at radius 1 is 0.938 bits per heavy atom. The molecule has 2 atom stereocenters. The van der Waals surface area contributed by atoms with Crippen LogP contribution in [0.5, 0.6) is 0 Å². The Bertz CT molecular complexity index is 897. The SMILES string of the molecule is CC(C)CC(NC(=O)OCc1ccccc1)C(=O)NC(/C=C/C(=O)O)Cc1ccccc1. The van der Waals surface area contributed by atoms with Gasteiger partial charge in [-0.3, -0.25) is 4.79 Å². The molecule has 32 heavy (non-hydrogen) atoms. The molecule has 2 rings (SSSR count). The van der Waals surface area contributed by atoms with Crippen LogP contribution in [-0.4, -0.2) is 35.2 Å². The van der Waals surface area contributed by atoms with Gasteiger partial charge in [-0.25, -0.2) is 9.59 Å². The number of rotatable bonds is 11.